The molecule has 19 heavy (non-hydrogen) atoms. The van der Waals surface area contributed by atoms with Crippen LogP contribution in [0.3, 0.4) is 0 Å². The SMILES string of the molecule is CCC(N[C@@H](C)c1ccco1)c1ccc(OC)cc1. The summed E-state index contributed by atoms with van der Waals surface area (Å²) in [6, 6.07) is 12.6. The Morgan fingerprint density at radius 2 is 1.95 bits per heavy atom. The zero-order valence-electron chi connectivity index (χ0n) is 11.7. The molecule has 0 aliphatic carbocycles. The molecule has 0 saturated heterocycles. The van der Waals surface area contributed by atoms with Gasteiger partial charge in [0, 0.05) is 6.04 Å². The maximum atomic E-state index is 5.43. The highest BCUT2D eigenvalue weighted by Gasteiger charge is 2.15. The van der Waals surface area contributed by atoms with E-state index < -0.39 is 0 Å². The minimum atomic E-state index is 0.196. The average Bonchev–Trinajstić information content (AvgIpc) is 2.99. The van der Waals surface area contributed by atoms with Gasteiger partial charge >= 0.3 is 0 Å². The Bertz CT molecular complexity index is 476. The second kappa shape index (κ2) is 6.43. The summed E-state index contributed by atoms with van der Waals surface area (Å²) < 4.78 is 10.6. The zero-order valence-corrected chi connectivity index (χ0v) is 11.7. The Kier molecular flexibility index (Phi) is 4.63. The predicted molar refractivity (Wildman–Crippen MR) is 76.3 cm³/mol. The van der Waals surface area contributed by atoms with Crippen LogP contribution in [0.15, 0.2) is 47.1 Å². The number of benzene rings is 1. The third kappa shape index (κ3) is 3.38. The molecule has 1 aromatic heterocycles. The van der Waals surface area contributed by atoms with Crippen molar-refractivity contribution in [1.82, 2.24) is 5.32 Å². The molecule has 0 radical (unpaired) electrons. The fourth-order valence-corrected chi connectivity index (χ4v) is 2.21. The molecule has 1 unspecified atom stereocenters. The predicted octanol–water partition coefficient (Wildman–Crippen LogP) is 4.09. The largest absolute Gasteiger partial charge is 0.497 e. The highest BCUT2D eigenvalue weighted by Crippen LogP contribution is 2.24. The van der Waals surface area contributed by atoms with E-state index >= 15 is 0 Å². The molecule has 1 heterocycles. The van der Waals surface area contributed by atoms with Crippen molar-refractivity contribution >= 4 is 0 Å². The molecule has 3 nitrogen and oxygen atoms in total. The first kappa shape index (κ1) is 13.7. The van der Waals surface area contributed by atoms with Gasteiger partial charge in [0.1, 0.15) is 11.5 Å². The van der Waals surface area contributed by atoms with E-state index in [2.05, 4.69) is 31.3 Å². The van der Waals surface area contributed by atoms with Crippen molar-refractivity contribution in [2.45, 2.75) is 32.4 Å². The van der Waals surface area contributed by atoms with Crippen LogP contribution in [-0.4, -0.2) is 7.11 Å². The zero-order chi connectivity index (χ0) is 13.7. The van der Waals surface area contributed by atoms with Gasteiger partial charge in [-0.1, -0.05) is 19.1 Å². The molecule has 0 amide bonds. The third-order valence-corrected chi connectivity index (χ3v) is 3.35. The van der Waals surface area contributed by atoms with Crippen molar-refractivity contribution in [3.05, 3.63) is 54.0 Å². The smallest absolute Gasteiger partial charge is 0.120 e. The van der Waals surface area contributed by atoms with Gasteiger partial charge in [0.2, 0.25) is 0 Å². The van der Waals surface area contributed by atoms with Crippen LogP contribution in [0.25, 0.3) is 0 Å². The fourth-order valence-electron chi connectivity index (χ4n) is 2.21. The first-order valence-electron chi connectivity index (χ1n) is 6.68. The van der Waals surface area contributed by atoms with E-state index in [0.29, 0.717) is 6.04 Å². The standard InChI is InChI=1S/C16H21NO2/c1-4-15(13-7-9-14(18-3)10-8-13)17-12(2)16-6-5-11-19-16/h5-12,15,17H,4H2,1-3H3/t12-,15?/m0/s1. The van der Waals surface area contributed by atoms with Crippen LogP contribution in [0.4, 0.5) is 0 Å². The van der Waals surface area contributed by atoms with E-state index in [4.69, 9.17) is 9.15 Å². The van der Waals surface area contributed by atoms with E-state index in [1.165, 1.54) is 5.56 Å². The first-order valence-corrected chi connectivity index (χ1v) is 6.68. The Labute approximate surface area is 114 Å². The molecule has 0 bridgehead atoms. The Morgan fingerprint density at radius 3 is 2.47 bits per heavy atom. The Morgan fingerprint density at radius 1 is 1.21 bits per heavy atom. The highest BCUT2D eigenvalue weighted by molar-refractivity contribution is 5.29. The lowest BCUT2D eigenvalue weighted by Gasteiger charge is -2.21. The highest BCUT2D eigenvalue weighted by atomic mass is 16.5. The third-order valence-electron chi connectivity index (χ3n) is 3.35. The van der Waals surface area contributed by atoms with Gasteiger partial charge in [-0.3, -0.25) is 0 Å². The van der Waals surface area contributed by atoms with Crippen molar-refractivity contribution in [2.75, 3.05) is 7.11 Å². The van der Waals surface area contributed by atoms with E-state index in [9.17, 15) is 0 Å². The molecule has 0 aliphatic rings. The number of furan rings is 1. The van der Waals surface area contributed by atoms with Gasteiger partial charge in [-0.15, -0.1) is 0 Å². The summed E-state index contributed by atoms with van der Waals surface area (Å²) in [4.78, 5) is 0. The molecule has 0 spiro atoms. The molecule has 2 aromatic rings. The van der Waals surface area contributed by atoms with E-state index in [1.54, 1.807) is 13.4 Å². The molecule has 2 rings (SSSR count). The van der Waals surface area contributed by atoms with Gasteiger partial charge in [0.15, 0.2) is 0 Å². The van der Waals surface area contributed by atoms with Crippen molar-refractivity contribution in [2.24, 2.45) is 0 Å². The second-order valence-corrected chi connectivity index (χ2v) is 4.64. The number of hydrogen-bond acceptors (Lipinski definition) is 3. The van der Waals surface area contributed by atoms with Crippen molar-refractivity contribution in [3.63, 3.8) is 0 Å². The monoisotopic (exact) mass is 259 g/mol. The summed E-state index contributed by atoms with van der Waals surface area (Å²) in [5, 5.41) is 3.59. The number of ether oxygens (including phenoxy) is 1. The van der Waals surface area contributed by atoms with Crippen LogP contribution in [-0.2, 0) is 0 Å². The molecule has 0 saturated carbocycles. The molecule has 102 valence electrons. The van der Waals surface area contributed by atoms with Gasteiger partial charge in [-0.25, -0.2) is 0 Å². The summed E-state index contributed by atoms with van der Waals surface area (Å²) in [6.07, 6.45) is 2.74. The van der Waals surface area contributed by atoms with Gasteiger partial charge in [0.05, 0.1) is 19.4 Å². The molecule has 1 aromatic carbocycles. The van der Waals surface area contributed by atoms with E-state index in [1.807, 2.05) is 24.3 Å². The molecular weight excluding hydrogens is 238 g/mol. The lowest BCUT2D eigenvalue weighted by Crippen LogP contribution is -2.23. The van der Waals surface area contributed by atoms with E-state index in [-0.39, 0.29) is 6.04 Å². The maximum absolute atomic E-state index is 5.43. The van der Waals surface area contributed by atoms with Crippen LogP contribution in [0.5, 0.6) is 5.75 Å². The van der Waals surface area contributed by atoms with Gasteiger partial charge in [0.25, 0.3) is 0 Å². The summed E-state index contributed by atoms with van der Waals surface area (Å²) >= 11 is 0. The summed E-state index contributed by atoms with van der Waals surface area (Å²) in [6.45, 7) is 4.29. The molecule has 1 N–H and O–H groups in total. The number of rotatable bonds is 6. The number of methoxy groups -OCH3 is 1. The van der Waals surface area contributed by atoms with Crippen LogP contribution in [0.2, 0.25) is 0 Å². The summed E-state index contributed by atoms with van der Waals surface area (Å²) in [7, 11) is 1.68. The minimum absolute atomic E-state index is 0.196. The molecule has 2 atom stereocenters. The maximum Gasteiger partial charge on any atom is 0.120 e. The lowest BCUT2D eigenvalue weighted by atomic mass is 10.0. The molecule has 3 heteroatoms. The molecular formula is C16H21NO2. The molecule has 0 fully saturated rings. The van der Waals surface area contributed by atoms with E-state index in [0.717, 1.165) is 17.9 Å². The van der Waals surface area contributed by atoms with Crippen LogP contribution in [0, 0.1) is 0 Å². The van der Waals surface area contributed by atoms with Crippen molar-refractivity contribution < 1.29 is 9.15 Å². The van der Waals surface area contributed by atoms with Crippen LogP contribution < -0.4 is 10.1 Å². The first-order chi connectivity index (χ1) is 9.24. The lowest BCUT2D eigenvalue weighted by molar-refractivity contribution is 0.386. The average molecular weight is 259 g/mol. The molecule has 0 aliphatic heterocycles. The fraction of sp³-hybridized carbons (Fsp3) is 0.375. The van der Waals surface area contributed by atoms with Gasteiger partial charge in [-0.2, -0.15) is 0 Å². The Hall–Kier alpha value is -1.74. The van der Waals surface area contributed by atoms with Crippen molar-refractivity contribution in [1.29, 1.82) is 0 Å². The second-order valence-electron chi connectivity index (χ2n) is 4.64. The Balaban J connectivity index is 2.06. The topological polar surface area (TPSA) is 34.4 Å². The summed E-state index contributed by atoms with van der Waals surface area (Å²) in [5.74, 6) is 1.85. The normalized spacial score (nSPS) is 14.1. The minimum Gasteiger partial charge on any atom is -0.497 e. The van der Waals surface area contributed by atoms with Crippen LogP contribution in [0.1, 0.15) is 43.7 Å². The number of nitrogens with one attached hydrogen (secondary N) is 1. The van der Waals surface area contributed by atoms with Gasteiger partial charge in [-0.05, 0) is 43.2 Å². The van der Waals surface area contributed by atoms with Gasteiger partial charge < -0.3 is 14.5 Å². The summed E-state index contributed by atoms with van der Waals surface area (Å²) in [5.41, 5.74) is 1.27. The van der Waals surface area contributed by atoms with Crippen LogP contribution >= 0.6 is 0 Å². The van der Waals surface area contributed by atoms with Crippen molar-refractivity contribution in [3.8, 4) is 5.75 Å². The quantitative estimate of drug-likeness (QED) is 0.848. The number of hydrogen-bond donors (Lipinski definition) is 1.